The van der Waals surface area contributed by atoms with Crippen molar-refractivity contribution in [2.75, 3.05) is 0 Å². The molecule has 0 saturated heterocycles. The van der Waals surface area contributed by atoms with Gasteiger partial charge in [0.25, 0.3) is 0 Å². The number of carbonyl (C=O) groups is 5. The van der Waals surface area contributed by atoms with Crippen molar-refractivity contribution in [3.05, 3.63) is 0 Å². The zero-order valence-corrected chi connectivity index (χ0v) is 17.4. The van der Waals surface area contributed by atoms with Crippen molar-refractivity contribution in [2.45, 2.75) is 78.2 Å². The molecule has 0 rings (SSSR count). The van der Waals surface area contributed by atoms with Gasteiger partial charge in [-0.25, -0.2) is 0 Å². The van der Waals surface area contributed by atoms with Gasteiger partial charge in [0, 0.05) is 0 Å². The Kier molecular flexibility index (Phi) is 11.0. The zero-order chi connectivity index (χ0) is 22.0. The molecular formula is C18H33N5O5. The second kappa shape index (κ2) is 12.1. The standard InChI is InChI=1S/C18H33N5O5/c1-9(2)7-14(8-24)23-18(28)13(6)22-17(27)12(5)21-16(26)11(4)20-15(25)10(3)19/h8-14H,7,19H2,1-6H3,(H,20,25)(H,21,26)(H,22,27)(H,23,28)/t10-,11-,12-,13-,14-/m0/s1. The lowest BCUT2D eigenvalue weighted by molar-refractivity contribution is -0.133. The summed E-state index contributed by atoms with van der Waals surface area (Å²) in [5.74, 6) is -1.90. The molecule has 0 aliphatic carbocycles. The number of hydrogen-bond donors (Lipinski definition) is 5. The van der Waals surface area contributed by atoms with E-state index in [4.69, 9.17) is 5.73 Å². The van der Waals surface area contributed by atoms with E-state index in [0.717, 1.165) is 0 Å². The molecule has 0 bridgehead atoms. The summed E-state index contributed by atoms with van der Waals surface area (Å²) in [4.78, 5) is 58.9. The summed E-state index contributed by atoms with van der Waals surface area (Å²) >= 11 is 0. The Morgan fingerprint density at radius 2 is 1.07 bits per heavy atom. The molecular weight excluding hydrogens is 366 g/mol. The summed E-state index contributed by atoms with van der Waals surface area (Å²) in [6.07, 6.45) is 1.15. The van der Waals surface area contributed by atoms with E-state index in [0.29, 0.717) is 12.7 Å². The second-order valence-electron chi connectivity index (χ2n) is 7.36. The van der Waals surface area contributed by atoms with Gasteiger partial charge in [0.15, 0.2) is 0 Å². The zero-order valence-electron chi connectivity index (χ0n) is 17.4. The quantitative estimate of drug-likeness (QED) is 0.268. The number of carbonyl (C=O) groups excluding carboxylic acids is 5. The molecule has 0 aromatic heterocycles. The van der Waals surface area contributed by atoms with Crippen molar-refractivity contribution in [1.29, 1.82) is 0 Å². The van der Waals surface area contributed by atoms with E-state index in [9.17, 15) is 24.0 Å². The Balaban J connectivity index is 4.59. The Labute approximate surface area is 165 Å². The normalized spacial score (nSPS) is 16.1. The lowest BCUT2D eigenvalue weighted by Crippen LogP contribution is -2.56. The average Bonchev–Trinajstić information content (AvgIpc) is 2.59. The molecule has 5 atom stereocenters. The van der Waals surface area contributed by atoms with Crippen LogP contribution in [0, 0.1) is 5.92 Å². The maximum atomic E-state index is 12.2. The van der Waals surface area contributed by atoms with Crippen LogP contribution in [0.1, 0.15) is 48.0 Å². The summed E-state index contributed by atoms with van der Waals surface area (Å²) in [5.41, 5.74) is 5.42. The van der Waals surface area contributed by atoms with Gasteiger partial charge in [-0.15, -0.1) is 0 Å². The monoisotopic (exact) mass is 399 g/mol. The van der Waals surface area contributed by atoms with Gasteiger partial charge >= 0.3 is 0 Å². The van der Waals surface area contributed by atoms with Gasteiger partial charge in [0.05, 0.1) is 12.1 Å². The number of hydrogen-bond acceptors (Lipinski definition) is 6. The molecule has 10 nitrogen and oxygen atoms in total. The van der Waals surface area contributed by atoms with E-state index < -0.39 is 53.8 Å². The van der Waals surface area contributed by atoms with Crippen LogP contribution in [0.25, 0.3) is 0 Å². The largest absolute Gasteiger partial charge is 0.345 e. The van der Waals surface area contributed by atoms with Gasteiger partial charge in [-0.3, -0.25) is 19.2 Å². The molecule has 6 N–H and O–H groups in total. The summed E-state index contributed by atoms with van der Waals surface area (Å²) in [6, 6.07) is -4.09. The van der Waals surface area contributed by atoms with Crippen LogP contribution in [-0.2, 0) is 24.0 Å². The highest BCUT2D eigenvalue weighted by atomic mass is 16.2. The first kappa shape index (κ1) is 25.5. The first-order valence-electron chi connectivity index (χ1n) is 9.31. The summed E-state index contributed by atoms with van der Waals surface area (Å²) in [7, 11) is 0. The van der Waals surface area contributed by atoms with E-state index in [2.05, 4.69) is 21.3 Å². The maximum absolute atomic E-state index is 12.2. The molecule has 10 heteroatoms. The predicted octanol–water partition coefficient (Wildman–Crippen LogP) is -1.42. The molecule has 4 amide bonds. The van der Waals surface area contributed by atoms with E-state index in [1.165, 1.54) is 27.7 Å². The molecule has 0 aliphatic rings. The highest BCUT2D eigenvalue weighted by Gasteiger charge is 2.25. The van der Waals surface area contributed by atoms with Crippen LogP contribution in [0.2, 0.25) is 0 Å². The average molecular weight is 399 g/mol. The molecule has 0 radical (unpaired) electrons. The van der Waals surface area contributed by atoms with Crippen LogP contribution >= 0.6 is 0 Å². The Morgan fingerprint density at radius 3 is 1.39 bits per heavy atom. The van der Waals surface area contributed by atoms with Crippen molar-refractivity contribution in [2.24, 2.45) is 11.7 Å². The van der Waals surface area contributed by atoms with Gasteiger partial charge in [0.1, 0.15) is 24.4 Å². The van der Waals surface area contributed by atoms with Crippen LogP contribution in [-0.4, -0.2) is 60.1 Å². The molecule has 0 aliphatic heterocycles. The smallest absolute Gasteiger partial charge is 0.242 e. The van der Waals surface area contributed by atoms with Crippen molar-refractivity contribution in [1.82, 2.24) is 21.3 Å². The number of nitrogens with two attached hydrogens (primary N) is 1. The van der Waals surface area contributed by atoms with Crippen molar-refractivity contribution >= 4 is 29.9 Å². The molecule has 0 heterocycles. The fraction of sp³-hybridized carbons (Fsp3) is 0.722. The van der Waals surface area contributed by atoms with Crippen molar-refractivity contribution in [3.8, 4) is 0 Å². The lowest BCUT2D eigenvalue weighted by Gasteiger charge is -2.22. The number of aldehydes is 1. The van der Waals surface area contributed by atoms with Gasteiger partial charge in [-0.05, 0) is 40.0 Å². The molecule has 0 unspecified atom stereocenters. The van der Waals surface area contributed by atoms with Crippen LogP contribution in [0.4, 0.5) is 0 Å². The van der Waals surface area contributed by atoms with E-state index in [1.807, 2.05) is 13.8 Å². The third kappa shape index (κ3) is 9.45. The molecule has 0 aromatic rings. The minimum Gasteiger partial charge on any atom is -0.345 e. The first-order chi connectivity index (χ1) is 12.9. The minimum atomic E-state index is -0.935. The second-order valence-corrected chi connectivity index (χ2v) is 7.36. The molecule has 28 heavy (non-hydrogen) atoms. The summed E-state index contributed by atoms with van der Waals surface area (Å²) < 4.78 is 0. The van der Waals surface area contributed by atoms with E-state index >= 15 is 0 Å². The van der Waals surface area contributed by atoms with Gasteiger partial charge in [0.2, 0.25) is 23.6 Å². The molecule has 0 spiro atoms. The van der Waals surface area contributed by atoms with Crippen LogP contribution in [0.15, 0.2) is 0 Å². The minimum absolute atomic E-state index is 0.223. The molecule has 0 aromatic carbocycles. The van der Waals surface area contributed by atoms with Crippen molar-refractivity contribution < 1.29 is 24.0 Å². The highest BCUT2D eigenvalue weighted by molar-refractivity contribution is 5.94. The Bertz CT molecular complexity index is 579. The fourth-order valence-corrected chi connectivity index (χ4v) is 2.18. The Morgan fingerprint density at radius 1 is 0.714 bits per heavy atom. The topological polar surface area (TPSA) is 159 Å². The van der Waals surface area contributed by atoms with Crippen molar-refractivity contribution in [3.63, 3.8) is 0 Å². The fourth-order valence-electron chi connectivity index (χ4n) is 2.18. The third-order valence-corrected chi connectivity index (χ3v) is 3.89. The summed E-state index contributed by atoms with van der Waals surface area (Å²) in [6.45, 7) is 9.73. The van der Waals surface area contributed by atoms with E-state index in [1.54, 1.807) is 0 Å². The van der Waals surface area contributed by atoms with Crippen LogP contribution in [0.5, 0.6) is 0 Å². The van der Waals surface area contributed by atoms with Crippen LogP contribution < -0.4 is 27.0 Å². The Hall–Kier alpha value is -2.49. The first-order valence-corrected chi connectivity index (χ1v) is 9.31. The molecule has 160 valence electrons. The van der Waals surface area contributed by atoms with Gasteiger partial charge < -0.3 is 31.8 Å². The maximum Gasteiger partial charge on any atom is 0.242 e. The van der Waals surface area contributed by atoms with E-state index in [-0.39, 0.29) is 5.92 Å². The van der Waals surface area contributed by atoms with Gasteiger partial charge in [-0.1, -0.05) is 13.8 Å². The van der Waals surface area contributed by atoms with Gasteiger partial charge in [-0.2, -0.15) is 0 Å². The predicted molar refractivity (Wildman–Crippen MR) is 104 cm³/mol. The number of nitrogens with one attached hydrogen (secondary N) is 4. The number of amides is 4. The highest BCUT2D eigenvalue weighted by Crippen LogP contribution is 2.03. The third-order valence-electron chi connectivity index (χ3n) is 3.89. The molecule has 0 saturated carbocycles. The number of rotatable bonds is 11. The van der Waals surface area contributed by atoms with Crippen LogP contribution in [0.3, 0.4) is 0 Å². The SMILES string of the molecule is CC(C)C[C@@H](C=O)NC(=O)[C@H](C)NC(=O)[C@H](C)NC(=O)[C@H](C)NC(=O)[C@H](C)N. The lowest BCUT2D eigenvalue weighted by atomic mass is 10.0. The molecule has 0 fully saturated rings. The summed E-state index contributed by atoms with van der Waals surface area (Å²) in [5, 5.41) is 9.91.